The molecule has 0 radical (unpaired) electrons. The van der Waals surface area contributed by atoms with Gasteiger partial charge in [0.05, 0.1) is 18.6 Å². The molecule has 0 atom stereocenters. The first-order chi connectivity index (χ1) is 12.1. The highest BCUT2D eigenvalue weighted by Crippen LogP contribution is 2.09. The largest absolute Gasteiger partial charge is 0.466 e. The molecule has 0 fully saturated rings. The van der Waals surface area contributed by atoms with E-state index in [-0.39, 0.29) is 25.1 Å². The van der Waals surface area contributed by atoms with E-state index in [2.05, 4.69) is 10.3 Å². The molecule has 5 nitrogen and oxygen atoms in total. The van der Waals surface area contributed by atoms with Crippen molar-refractivity contribution in [2.24, 2.45) is 0 Å². The number of hydrogen-bond donors (Lipinski definition) is 1. The van der Waals surface area contributed by atoms with Crippen molar-refractivity contribution < 1.29 is 23.1 Å². The average molecular weight is 348 g/mol. The third-order valence-corrected chi connectivity index (χ3v) is 3.41. The first-order valence-corrected chi connectivity index (χ1v) is 7.84. The van der Waals surface area contributed by atoms with Crippen molar-refractivity contribution in [2.45, 2.75) is 19.3 Å². The molecule has 0 aliphatic rings. The lowest BCUT2D eigenvalue weighted by molar-refractivity contribution is -0.143. The van der Waals surface area contributed by atoms with Crippen LogP contribution in [0.5, 0.6) is 0 Å². The smallest absolute Gasteiger partial charge is 0.307 e. The summed E-state index contributed by atoms with van der Waals surface area (Å²) in [5.74, 6) is -2.86. The number of halogens is 2. The Balaban J connectivity index is 1.62. The summed E-state index contributed by atoms with van der Waals surface area (Å²) in [6.07, 6.45) is 4.84. The fourth-order valence-electron chi connectivity index (χ4n) is 2.13. The van der Waals surface area contributed by atoms with Crippen LogP contribution in [-0.2, 0) is 16.0 Å². The van der Waals surface area contributed by atoms with E-state index in [1.165, 1.54) is 0 Å². The molecule has 2 rings (SSSR count). The SMILES string of the molecule is O=C(CCNC(=O)c1ccc(F)cc1F)OCCCc1ccncc1. The van der Waals surface area contributed by atoms with Gasteiger partial charge in [0.1, 0.15) is 11.6 Å². The van der Waals surface area contributed by atoms with Gasteiger partial charge in [0.2, 0.25) is 0 Å². The van der Waals surface area contributed by atoms with E-state index in [0.717, 1.165) is 24.1 Å². The fourth-order valence-corrected chi connectivity index (χ4v) is 2.13. The summed E-state index contributed by atoms with van der Waals surface area (Å²) < 4.78 is 31.3. The molecular formula is C18H18F2N2O3. The monoisotopic (exact) mass is 348 g/mol. The predicted octanol–water partition coefficient (Wildman–Crippen LogP) is 2.66. The minimum absolute atomic E-state index is 0.0127. The molecule has 0 aliphatic heterocycles. The zero-order valence-electron chi connectivity index (χ0n) is 13.5. The van der Waals surface area contributed by atoms with Gasteiger partial charge in [0.15, 0.2) is 0 Å². The normalized spacial score (nSPS) is 10.3. The third-order valence-electron chi connectivity index (χ3n) is 3.41. The molecular weight excluding hydrogens is 330 g/mol. The number of rotatable bonds is 8. The van der Waals surface area contributed by atoms with E-state index in [1.54, 1.807) is 12.4 Å². The van der Waals surface area contributed by atoms with Crippen molar-refractivity contribution in [3.05, 3.63) is 65.5 Å². The highest BCUT2D eigenvalue weighted by Gasteiger charge is 2.12. The van der Waals surface area contributed by atoms with Crippen LogP contribution >= 0.6 is 0 Å². The molecule has 1 amide bonds. The Labute approximate surface area is 144 Å². The van der Waals surface area contributed by atoms with Crippen LogP contribution in [0.2, 0.25) is 0 Å². The van der Waals surface area contributed by atoms with E-state index >= 15 is 0 Å². The van der Waals surface area contributed by atoms with Crippen LogP contribution in [0.15, 0.2) is 42.7 Å². The lowest BCUT2D eigenvalue weighted by Gasteiger charge is -2.07. The second kappa shape index (κ2) is 9.46. The van der Waals surface area contributed by atoms with Crippen molar-refractivity contribution >= 4 is 11.9 Å². The van der Waals surface area contributed by atoms with Crippen LogP contribution in [-0.4, -0.2) is 30.0 Å². The molecule has 25 heavy (non-hydrogen) atoms. The Morgan fingerprint density at radius 2 is 1.88 bits per heavy atom. The summed E-state index contributed by atoms with van der Waals surface area (Å²) >= 11 is 0. The van der Waals surface area contributed by atoms with Gasteiger partial charge in [-0.15, -0.1) is 0 Å². The molecule has 1 N–H and O–H groups in total. The molecule has 0 saturated carbocycles. The van der Waals surface area contributed by atoms with Crippen LogP contribution in [0, 0.1) is 11.6 Å². The van der Waals surface area contributed by atoms with Crippen LogP contribution in [0.4, 0.5) is 8.78 Å². The number of pyridine rings is 1. The molecule has 1 heterocycles. The van der Waals surface area contributed by atoms with Gasteiger partial charge < -0.3 is 10.1 Å². The van der Waals surface area contributed by atoms with Gasteiger partial charge in [0.25, 0.3) is 5.91 Å². The summed E-state index contributed by atoms with van der Waals surface area (Å²) in [5, 5.41) is 2.40. The molecule has 7 heteroatoms. The molecule has 1 aromatic carbocycles. The van der Waals surface area contributed by atoms with Crippen LogP contribution < -0.4 is 5.32 Å². The number of carbonyl (C=O) groups is 2. The molecule has 1 aromatic heterocycles. The van der Waals surface area contributed by atoms with E-state index in [9.17, 15) is 18.4 Å². The zero-order valence-corrected chi connectivity index (χ0v) is 13.5. The van der Waals surface area contributed by atoms with Gasteiger partial charge in [0, 0.05) is 25.0 Å². The number of esters is 1. The fraction of sp³-hybridized carbons (Fsp3) is 0.278. The number of aromatic nitrogens is 1. The number of amides is 1. The first kappa shape index (κ1) is 18.5. The van der Waals surface area contributed by atoms with Crippen LogP contribution in [0.1, 0.15) is 28.8 Å². The second-order valence-corrected chi connectivity index (χ2v) is 5.31. The summed E-state index contributed by atoms with van der Waals surface area (Å²) in [4.78, 5) is 27.2. The van der Waals surface area contributed by atoms with Gasteiger partial charge in [-0.25, -0.2) is 8.78 Å². The Hall–Kier alpha value is -2.83. The maximum atomic E-state index is 13.4. The van der Waals surface area contributed by atoms with Crippen molar-refractivity contribution in [2.75, 3.05) is 13.2 Å². The molecule has 0 unspecified atom stereocenters. The Morgan fingerprint density at radius 3 is 2.60 bits per heavy atom. The number of benzene rings is 1. The molecule has 0 spiro atoms. The quantitative estimate of drug-likeness (QED) is 0.588. The van der Waals surface area contributed by atoms with Crippen LogP contribution in [0.25, 0.3) is 0 Å². The minimum atomic E-state index is -0.948. The lowest BCUT2D eigenvalue weighted by Crippen LogP contribution is -2.27. The zero-order chi connectivity index (χ0) is 18.1. The average Bonchev–Trinajstić information content (AvgIpc) is 2.59. The predicted molar refractivity (Wildman–Crippen MR) is 86.8 cm³/mol. The third kappa shape index (κ3) is 6.29. The number of aryl methyl sites for hydroxylation is 1. The van der Waals surface area contributed by atoms with E-state index in [4.69, 9.17) is 4.74 Å². The van der Waals surface area contributed by atoms with Crippen molar-refractivity contribution in [3.8, 4) is 0 Å². The Bertz CT molecular complexity index is 724. The van der Waals surface area contributed by atoms with E-state index < -0.39 is 23.5 Å². The molecule has 0 saturated heterocycles. The maximum absolute atomic E-state index is 13.4. The van der Waals surface area contributed by atoms with Crippen molar-refractivity contribution in [1.82, 2.24) is 10.3 Å². The molecule has 0 aliphatic carbocycles. The van der Waals surface area contributed by atoms with Gasteiger partial charge in [-0.05, 0) is 42.7 Å². The number of hydrogen-bond acceptors (Lipinski definition) is 4. The number of carbonyl (C=O) groups excluding carboxylic acids is 2. The lowest BCUT2D eigenvalue weighted by atomic mass is 10.1. The molecule has 2 aromatic rings. The van der Waals surface area contributed by atoms with Gasteiger partial charge in [-0.2, -0.15) is 0 Å². The topological polar surface area (TPSA) is 68.3 Å². The Morgan fingerprint density at radius 1 is 1.12 bits per heavy atom. The van der Waals surface area contributed by atoms with Crippen LogP contribution in [0.3, 0.4) is 0 Å². The van der Waals surface area contributed by atoms with E-state index in [1.807, 2.05) is 12.1 Å². The maximum Gasteiger partial charge on any atom is 0.307 e. The van der Waals surface area contributed by atoms with Crippen molar-refractivity contribution in [1.29, 1.82) is 0 Å². The first-order valence-electron chi connectivity index (χ1n) is 7.84. The summed E-state index contributed by atoms with van der Waals surface area (Å²) in [5.41, 5.74) is 0.840. The highest BCUT2D eigenvalue weighted by molar-refractivity contribution is 5.94. The number of nitrogens with one attached hydrogen (secondary N) is 1. The summed E-state index contributed by atoms with van der Waals surface area (Å²) in [6, 6.07) is 6.47. The standard InChI is InChI=1S/C18H18F2N2O3/c19-14-3-4-15(16(20)12-14)18(24)22-10-7-17(23)25-11-1-2-13-5-8-21-9-6-13/h3-6,8-9,12H,1-2,7,10-11H2,(H,22,24). The number of nitrogens with zero attached hydrogens (tertiary/aromatic N) is 1. The summed E-state index contributed by atoms with van der Waals surface area (Å²) in [7, 11) is 0. The van der Waals surface area contributed by atoms with Gasteiger partial charge >= 0.3 is 5.97 Å². The minimum Gasteiger partial charge on any atom is -0.466 e. The Kier molecular flexibility index (Phi) is 7.00. The summed E-state index contributed by atoms with van der Waals surface area (Å²) in [6.45, 7) is 0.292. The van der Waals surface area contributed by atoms with Crippen molar-refractivity contribution in [3.63, 3.8) is 0 Å². The number of ether oxygens (including phenoxy) is 1. The van der Waals surface area contributed by atoms with Gasteiger partial charge in [-0.1, -0.05) is 0 Å². The molecule has 0 bridgehead atoms. The van der Waals surface area contributed by atoms with E-state index in [0.29, 0.717) is 12.5 Å². The second-order valence-electron chi connectivity index (χ2n) is 5.31. The highest BCUT2D eigenvalue weighted by atomic mass is 19.1. The molecule has 132 valence electrons. The van der Waals surface area contributed by atoms with Gasteiger partial charge in [-0.3, -0.25) is 14.6 Å².